The Hall–Kier alpha value is -2.13. The molecule has 3 rings (SSSR count). The molecule has 1 heterocycles. The maximum absolute atomic E-state index is 5.58. The normalized spacial score (nSPS) is 14.2. The van der Waals surface area contributed by atoms with Crippen molar-refractivity contribution >= 4 is 10.8 Å². The number of fused-ring (bicyclic) bond motifs is 1. The number of benzene rings is 2. The van der Waals surface area contributed by atoms with E-state index in [0.717, 1.165) is 11.7 Å². The van der Waals surface area contributed by atoms with Gasteiger partial charge in [-0.1, -0.05) is 36.4 Å². The highest BCUT2D eigenvalue weighted by Gasteiger charge is 2.15. The molecule has 0 saturated carbocycles. The summed E-state index contributed by atoms with van der Waals surface area (Å²) < 4.78 is 5.58. The van der Waals surface area contributed by atoms with Crippen molar-refractivity contribution < 1.29 is 4.42 Å². The fourth-order valence-corrected chi connectivity index (χ4v) is 2.59. The first kappa shape index (κ1) is 13.8. The Bertz CT molecular complexity index is 748. The van der Waals surface area contributed by atoms with Crippen molar-refractivity contribution in [3.05, 3.63) is 65.9 Å². The Morgan fingerprint density at radius 1 is 1.00 bits per heavy atom. The van der Waals surface area contributed by atoms with E-state index in [-0.39, 0.29) is 12.1 Å². The van der Waals surface area contributed by atoms with Gasteiger partial charge in [-0.3, -0.25) is 5.32 Å². The van der Waals surface area contributed by atoms with Crippen LogP contribution in [0.2, 0.25) is 0 Å². The largest absolute Gasteiger partial charge is 0.444 e. The summed E-state index contributed by atoms with van der Waals surface area (Å²) in [4.78, 5) is 4.28. The van der Waals surface area contributed by atoms with E-state index >= 15 is 0 Å². The zero-order valence-corrected chi connectivity index (χ0v) is 12.6. The average molecular weight is 280 g/mol. The van der Waals surface area contributed by atoms with E-state index in [0.29, 0.717) is 0 Å². The molecule has 0 aliphatic carbocycles. The van der Waals surface area contributed by atoms with Gasteiger partial charge in [0, 0.05) is 6.04 Å². The van der Waals surface area contributed by atoms with Crippen molar-refractivity contribution in [2.24, 2.45) is 0 Å². The van der Waals surface area contributed by atoms with Gasteiger partial charge in [-0.15, -0.1) is 0 Å². The lowest BCUT2D eigenvalue weighted by atomic mass is 10.0. The predicted octanol–water partition coefficient (Wildman–Crippen LogP) is 4.55. The average Bonchev–Trinajstić information content (AvgIpc) is 2.93. The molecule has 0 amide bonds. The predicted molar refractivity (Wildman–Crippen MR) is 85.2 cm³/mol. The lowest BCUT2D eigenvalue weighted by Gasteiger charge is -2.18. The molecular formula is C18H20N2O. The molecule has 0 bridgehead atoms. The summed E-state index contributed by atoms with van der Waals surface area (Å²) >= 11 is 0. The molecule has 0 saturated heterocycles. The molecule has 1 aromatic heterocycles. The van der Waals surface area contributed by atoms with Crippen molar-refractivity contribution in [1.29, 1.82) is 0 Å². The van der Waals surface area contributed by atoms with Crippen LogP contribution in [-0.4, -0.2) is 4.98 Å². The van der Waals surface area contributed by atoms with E-state index in [9.17, 15) is 0 Å². The molecule has 108 valence electrons. The SMILES string of the molecule is Cc1cnc(C(C)NC(C)c2ccc3ccccc3c2)o1. The molecule has 0 radical (unpaired) electrons. The van der Waals surface area contributed by atoms with Gasteiger partial charge in [-0.05, 0) is 43.2 Å². The quantitative estimate of drug-likeness (QED) is 0.762. The van der Waals surface area contributed by atoms with E-state index in [1.165, 1.54) is 16.3 Å². The van der Waals surface area contributed by atoms with Crippen LogP contribution >= 0.6 is 0 Å². The van der Waals surface area contributed by atoms with Crippen LogP contribution < -0.4 is 5.32 Å². The summed E-state index contributed by atoms with van der Waals surface area (Å²) in [5, 5.41) is 6.07. The summed E-state index contributed by atoms with van der Waals surface area (Å²) in [6.45, 7) is 6.15. The van der Waals surface area contributed by atoms with Crippen molar-refractivity contribution in [2.75, 3.05) is 0 Å². The van der Waals surface area contributed by atoms with Crippen LogP contribution in [0, 0.1) is 6.92 Å². The van der Waals surface area contributed by atoms with Gasteiger partial charge < -0.3 is 4.42 Å². The standard InChI is InChI=1S/C18H20N2O/c1-12-11-19-18(21-12)14(3)20-13(2)16-9-8-15-6-4-5-7-17(15)10-16/h4-11,13-14,20H,1-3H3. The number of nitrogens with zero attached hydrogens (tertiary/aromatic N) is 1. The molecule has 2 unspecified atom stereocenters. The van der Waals surface area contributed by atoms with Gasteiger partial charge in [0.1, 0.15) is 5.76 Å². The molecule has 0 aliphatic rings. The molecule has 2 atom stereocenters. The Morgan fingerprint density at radius 3 is 2.48 bits per heavy atom. The first-order chi connectivity index (χ1) is 10.1. The smallest absolute Gasteiger partial charge is 0.211 e. The molecular weight excluding hydrogens is 260 g/mol. The van der Waals surface area contributed by atoms with Crippen molar-refractivity contribution in [2.45, 2.75) is 32.9 Å². The maximum atomic E-state index is 5.58. The highest BCUT2D eigenvalue weighted by molar-refractivity contribution is 5.83. The minimum absolute atomic E-state index is 0.0835. The van der Waals surface area contributed by atoms with Gasteiger partial charge in [-0.25, -0.2) is 4.98 Å². The van der Waals surface area contributed by atoms with Crippen molar-refractivity contribution in [1.82, 2.24) is 10.3 Å². The third-order valence-electron chi connectivity index (χ3n) is 3.78. The lowest BCUT2D eigenvalue weighted by Crippen LogP contribution is -2.22. The first-order valence-corrected chi connectivity index (χ1v) is 7.30. The van der Waals surface area contributed by atoms with E-state index in [1.54, 1.807) is 6.20 Å². The van der Waals surface area contributed by atoms with E-state index in [4.69, 9.17) is 4.42 Å². The maximum Gasteiger partial charge on any atom is 0.211 e. The van der Waals surface area contributed by atoms with Crippen LogP contribution in [0.15, 0.2) is 53.1 Å². The highest BCUT2D eigenvalue weighted by Crippen LogP contribution is 2.23. The van der Waals surface area contributed by atoms with Crippen molar-refractivity contribution in [3.8, 4) is 0 Å². The van der Waals surface area contributed by atoms with Gasteiger partial charge in [0.15, 0.2) is 0 Å². The Labute approximate surface area is 125 Å². The monoisotopic (exact) mass is 280 g/mol. The van der Waals surface area contributed by atoms with Gasteiger partial charge in [0.2, 0.25) is 5.89 Å². The molecule has 3 nitrogen and oxygen atoms in total. The number of nitrogens with one attached hydrogen (secondary N) is 1. The number of oxazole rings is 1. The number of hydrogen-bond acceptors (Lipinski definition) is 3. The topological polar surface area (TPSA) is 38.1 Å². The van der Waals surface area contributed by atoms with Crippen molar-refractivity contribution in [3.63, 3.8) is 0 Å². The Balaban J connectivity index is 1.78. The second kappa shape index (κ2) is 5.70. The van der Waals surface area contributed by atoms with Gasteiger partial charge >= 0.3 is 0 Å². The highest BCUT2D eigenvalue weighted by atomic mass is 16.4. The van der Waals surface area contributed by atoms with Gasteiger partial charge in [0.25, 0.3) is 0 Å². The zero-order chi connectivity index (χ0) is 14.8. The second-order valence-electron chi connectivity index (χ2n) is 5.53. The van der Waals surface area contributed by atoms with E-state index in [2.05, 4.69) is 66.6 Å². The lowest BCUT2D eigenvalue weighted by molar-refractivity contribution is 0.380. The van der Waals surface area contributed by atoms with Gasteiger partial charge in [-0.2, -0.15) is 0 Å². The minimum Gasteiger partial charge on any atom is -0.444 e. The second-order valence-corrected chi connectivity index (χ2v) is 5.53. The molecule has 3 aromatic rings. The van der Waals surface area contributed by atoms with E-state index < -0.39 is 0 Å². The third-order valence-corrected chi connectivity index (χ3v) is 3.78. The molecule has 0 spiro atoms. The van der Waals surface area contributed by atoms with Crippen LogP contribution in [0.4, 0.5) is 0 Å². The number of rotatable bonds is 4. The number of hydrogen-bond donors (Lipinski definition) is 1. The zero-order valence-electron chi connectivity index (χ0n) is 12.6. The Kier molecular flexibility index (Phi) is 3.76. The number of aromatic nitrogens is 1. The molecule has 0 aliphatic heterocycles. The fraction of sp³-hybridized carbons (Fsp3) is 0.278. The number of aryl methyl sites for hydroxylation is 1. The fourth-order valence-electron chi connectivity index (χ4n) is 2.59. The minimum atomic E-state index is 0.0835. The summed E-state index contributed by atoms with van der Waals surface area (Å²) in [7, 11) is 0. The summed E-state index contributed by atoms with van der Waals surface area (Å²) in [6, 6.07) is 15.3. The summed E-state index contributed by atoms with van der Waals surface area (Å²) in [6.07, 6.45) is 1.76. The van der Waals surface area contributed by atoms with Crippen LogP contribution in [0.25, 0.3) is 10.8 Å². The Morgan fingerprint density at radius 2 is 1.76 bits per heavy atom. The van der Waals surface area contributed by atoms with Crippen LogP contribution in [0.1, 0.15) is 43.1 Å². The molecule has 2 aromatic carbocycles. The molecule has 0 fully saturated rings. The third kappa shape index (κ3) is 2.98. The van der Waals surface area contributed by atoms with Crippen LogP contribution in [-0.2, 0) is 0 Å². The molecule has 21 heavy (non-hydrogen) atoms. The van der Waals surface area contributed by atoms with Gasteiger partial charge in [0.05, 0.1) is 12.2 Å². The molecule has 3 heteroatoms. The first-order valence-electron chi connectivity index (χ1n) is 7.30. The summed E-state index contributed by atoms with van der Waals surface area (Å²) in [5.74, 6) is 1.58. The van der Waals surface area contributed by atoms with Crippen LogP contribution in [0.5, 0.6) is 0 Å². The summed E-state index contributed by atoms with van der Waals surface area (Å²) in [5.41, 5.74) is 1.27. The van der Waals surface area contributed by atoms with E-state index in [1.807, 2.05) is 6.92 Å². The molecule has 1 N–H and O–H groups in total. The van der Waals surface area contributed by atoms with Crippen LogP contribution in [0.3, 0.4) is 0 Å².